The van der Waals surface area contributed by atoms with E-state index in [9.17, 15) is 9.59 Å². The smallest absolute Gasteiger partial charge is 0.279 e. The summed E-state index contributed by atoms with van der Waals surface area (Å²) in [4.78, 5) is 30.0. The van der Waals surface area contributed by atoms with Crippen molar-refractivity contribution in [2.24, 2.45) is 0 Å². The van der Waals surface area contributed by atoms with Crippen LogP contribution in [-0.4, -0.2) is 65.9 Å². The zero-order valence-corrected chi connectivity index (χ0v) is 17.8. The predicted octanol–water partition coefficient (Wildman–Crippen LogP) is 1.76. The zero-order valence-electron chi connectivity index (χ0n) is 17.8. The summed E-state index contributed by atoms with van der Waals surface area (Å²) < 4.78 is 11.9. The van der Waals surface area contributed by atoms with Gasteiger partial charge in [-0.25, -0.2) is 4.68 Å². The Labute approximate surface area is 180 Å². The van der Waals surface area contributed by atoms with Gasteiger partial charge in [-0.05, 0) is 17.7 Å². The first-order chi connectivity index (χ1) is 15.1. The van der Waals surface area contributed by atoms with Crippen LogP contribution in [0.15, 0.2) is 53.5 Å². The van der Waals surface area contributed by atoms with Crippen molar-refractivity contribution in [2.75, 3.05) is 40.4 Å². The van der Waals surface area contributed by atoms with Crippen molar-refractivity contribution < 1.29 is 14.3 Å². The van der Waals surface area contributed by atoms with E-state index in [1.54, 1.807) is 23.2 Å². The van der Waals surface area contributed by atoms with Gasteiger partial charge in [-0.15, -0.1) is 0 Å². The molecule has 0 spiro atoms. The van der Waals surface area contributed by atoms with E-state index in [0.29, 0.717) is 35.4 Å². The second kappa shape index (κ2) is 9.18. The number of carbonyl (C=O) groups is 1. The summed E-state index contributed by atoms with van der Waals surface area (Å²) in [5.41, 5.74) is 0.892. The summed E-state index contributed by atoms with van der Waals surface area (Å²) in [6.07, 6.45) is 1.57. The first-order valence-electron chi connectivity index (χ1n) is 10.3. The van der Waals surface area contributed by atoms with Crippen molar-refractivity contribution >= 4 is 16.7 Å². The first kappa shape index (κ1) is 20.9. The lowest BCUT2D eigenvalue weighted by atomic mass is 10.1. The average molecular weight is 422 g/mol. The molecule has 1 aliphatic rings. The fourth-order valence-corrected chi connectivity index (χ4v) is 3.92. The fourth-order valence-electron chi connectivity index (χ4n) is 3.92. The third kappa shape index (κ3) is 4.39. The van der Waals surface area contributed by atoms with Crippen LogP contribution in [0.3, 0.4) is 0 Å². The number of hydrogen-bond acceptors (Lipinski definition) is 6. The highest BCUT2D eigenvalue weighted by molar-refractivity contribution is 5.89. The van der Waals surface area contributed by atoms with Crippen LogP contribution in [0, 0.1) is 0 Å². The van der Waals surface area contributed by atoms with Crippen molar-refractivity contribution in [2.45, 2.75) is 13.1 Å². The monoisotopic (exact) mass is 422 g/mol. The number of hydrogen-bond donors (Lipinski definition) is 0. The van der Waals surface area contributed by atoms with Crippen molar-refractivity contribution in [3.05, 3.63) is 64.6 Å². The maximum atomic E-state index is 13.0. The summed E-state index contributed by atoms with van der Waals surface area (Å²) in [6.45, 7) is 3.62. The lowest BCUT2D eigenvalue weighted by Crippen LogP contribution is -2.49. The van der Waals surface area contributed by atoms with E-state index in [0.717, 1.165) is 19.6 Å². The highest BCUT2D eigenvalue weighted by Gasteiger charge is 2.23. The molecule has 0 aliphatic carbocycles. The van der Waals surface area contributed by atoms with Gasteiger partial charge in [0.25, 0.3) is 5.56 Å². The number of carbonyl (C=O) groups excluding carboxylic acids is 1. The van der Waals surface area contributed by atoms with Gasteiger partial charge >= 0.3 is 0 Å². The Kier molecular flexibility index (Phi) is 6.18. The second-order valence-electron chi connectivity index (χ2n) is 7.52. The van der Waals surface area contributed by atoms with E-state index >= 15 is 0 Å². The lowest BCUT2D eigenvalue weighted by molar-refractivity contribution is -0.133. The average Bonchev–Trinajstić information content (AvgIpc) is 2.81. The molecule has 1 fully saturated rings. The van der Waals surface area contributed by atoms with E-state index < -0.39 is 0 Å². The molecule has 2 heterocycles. The molecule has 4 rings (SSSR count). The van der Waals surface area contributed by atoms with Crippen LogP contribution in [0.5, 0.6) is 11.5 Å². The first-order valence-corrected chi connectivity index (χ1v) is 10.3. The minimum absolute atomic E-state index is 0.103. The van der Waals surface area contributed by atoms with Gasteiger partial charge in [-0.2, -0.15) is 5.10 Å². The number of ether oxygens (including phenoxy) is 2. The van der Waals surface area contributed by atoms with Gasteiger partial charge in [0, 0.05) is 38.1 Å². The van der Waals surface area contributed by atoms with Gasteiger partial charge in [0.2, 0.25) is 5.91 Å². The normalized spacial score (nSPS) is 14.6. The number of nitrogens with zero attached hydrogens (tertiary/aromatic N) is 4. The minimum atomic E-state index is -0.371. The number of piperazine rings is 1. The van der Waals surface area contributed by atoms with Gasteiger partial charge < -0.3 is 14.4 Å². The Bertz CT molecular complexity index is 1120. The Hall–Kier alpha value is -3.39. The molecule has 0 atom stereocenters. The van der Waals surface area contributed by atoms with Crippen LogP contribution >= 0.6 is 0 Å². The number of rotatable bonds is 6. The molecule has 1 aliphatic heterocycles. The van der Waals surface area contributed by atoms with Crippen LogP contribution in [-0.2, 0) is 17.9 Å². The Balaban J connectivity index is 1.45. The molecular formula is C23H26N4O4. The summed E-state index contributed by atoms with van der Waals surface area (Å²) in [6, 6.07) is 13.8. The van der Waals surface area contributed by atoms with Crippen molar-refractivity contribution in [3.8, 4) is 11.5 Å². The topological polar surface area (TPSA) is 76.9 Å². The van der Waals surface area contributed by atoms with E-state index in [4.69, 9.17) is 9.47 Å². The van der Waals surface area contributed by atoms with Gasteiger partial charge in [0.15, 0.2) is 11.5 Å². The molecule has 1 saturated heterocycles. The van der Waals surface area contributed by atoms with Gasteiger partial charge in [0.1, 0.15) is 6.54 Å². The van der Waals surface area contributed by atoms with E-state index in [2.05, 4.69) is 22.1 Å². The molecule has 162 valence electrons. The number of methoxy groups -OCH3 is 2. The molecule has 1 amide bonds. The predicted molar refractivity (Wildman–Crippen MR) is 117 cm³/mol. The van der Waals surface area contributed by atoms with Crippen LogP contribution in [0.2, 0.25) is 0 Å². The third-order valence-corrected chi connectivity index (χ3v) is 5.62. The summed E-state index contributed by atoms with van der Waals surface area (Å²) in [5, 5.41) is 5.19. The SMILES string of the molecule is COc1ccc2cnn(CC(=O)N3CCN(Cc4ccccc4)CC3)c(=O)c2c1OC. The number of fused-ring (bicyclic) bond motifs is 1. The molecule has 0 bridgehead atoms. The molecule has 3 aromatic rings. The second-order valence-corrected chi connectivity index (χ2v) is 7.52. The molecule has 8 heteroatoms. The largest absolute Gasteiger partial charge is 0.493 e. The van der Waals surface area contributed by atoms with Crippen molar-refractivity contribution in [3.63, 3.8) is 0 Å². The molecule has 2 aromatic carbocycles. The fraction of sp³-hybridized carbons (Fsp3) is 0.348. The molecular weight excluding hydrogens is 396 g/mol. The Morgan fingerprint density at radius 2 is 1.74 bits per heavy atom. The van der Waals surface area contributed by atoms with E-state index in [-0.39, 0.29) is 18.0 Å². The Morgan fingerprint density at radius 1 is 1.00 bits per heavy atom. The molecule has 0 N–H and O–H groups in total. The summed E-state index contributed by atoms with van der Waals surface area (Å²) in [7, 11) is 3.01. The van der Waals surface area contributed by atoms with Crippen LogP contribution in [0.25, 0.3) is 10.8 Å². The maximum Gasteiger partial charge on any atom is 0.279 e. The molecule has 0 saturated carbocycles. The summed E-state index contributed by atoms with van der Waals surface area (Å²) in [5.74, 6) is 0.698. The highest BCUT2D eigenvalue weighted by Crippen LogP contribution is 2.32. The quantitative estimate of drug-likeness (QED) is 0.603. The highest BCUT2D eigenvalue weighted by atomic mass is 16.5. The molecule has 0 radical (unpaired) electrons. The molecule has 1 aromatic heterocycles. The Morgan fingerprint density at radius 3 is 2.42 bits per heavy atom. The van der Waals surface area contributed by atoms with Crippen LogP contribution in [0.1, 0.15) is 5.56 Å². The van der Waals surface area contributed by atoms with Gasteiger partial charge in [-0.1, -0.05) is 30.3 Å². The van der Waals surface area contributed by atoms with Crippen LogP contribution in [0.4, 0.5) is 0 Å². The van der Waals surface area contributed by atoms with Gasteiger partial charge in [-0.3, -0.25) is 14.5 Å². The van der Waals surface area contributed by atoms with E-state index in [1.165, 1.54) is 24.5 Å². The lowest BCUT2D eigenvalue weighted by Gasteiger charge is -2.34. The van der Waals surface area contributed by atoms with Crippen molar-refractivity contribution in [1.29, 1.82) is 0 Å². The van der Waals surface area contributed by atoms with E-state index in [1.807, 2.05) is 18.2 Å². The maximum absolute atomic E-state index is 13.0. The molecule has 31 heavy (non-hydrogen) atoms. The standard InChI is InChI=1S/C23H26N4O4/c1-30-19-9-8-18-14-24-27(23(29)21(18)22(19)31-2)16-20(28)26-12-10-25(11-13-26)15-17-6-4-3-5-7-17/h3-9,14H,10-13,15-16H2,1-2H3. The third-order valence-electron chi connectivity index (χ3n) is 5.62. The molecule has 8 nitrogen and oxygen atoms in total. The van der Waals surface area contributed by atoms with Crippen molar-refractivity contribution in [1.82, 2.24) is 19.6 Å². The van der Waals surface area contributed by atoms with Gasteiger partial charge in [0.05, 0.1) is 25.8 Å². The summed E-state index contributed by atoms with van der Waals surface area (Å²) >= 11 is 0. The number of amides is 1. The number of aromatic nitrogens is 2. The molecule has 0 unspecified atom stereocenters. The zero-order chi connectivity index (χ0) is 21.8. The van der Waals surface area contributed by atoms with Crippen LogP contribution < -0.4 is 15.0 Å². The minimum Gasteiger partial charge on any atom is -0.493 e. The number of benzene rings is 2.